The van der Waals surface area contributed by atoms with Crippen molar-refractivity contribution >= 4 is 0 Å². The number of rotatable bonds is 12. The van der Waals surface area contributed by atoms with Crippen molar-refractivity contribution in [2.45, 2.75) is 64.6 Å². The van der Waals surface area contributed by atoms with Gasteiger partial charge in [0.2, 0.25) is 5.75 Å². The van der Waals surface area contributed by atoms with Gasteiger partial charge in [-0.25, -0.2) is 0 Å². The van der Waals surface area contributed by atoms with Crippen LogP contribution < -0.4 is 9.47 Å². The van der Waals surface area contributed by atoms with Gasteiger partial charge in [-0.2, -0.15) is 0 Å². The Kier molecular flexibility index (Phi) is 8.84. The lowest BCUT2D eigenvalue weighted by Crippen LogP contribution is -2.21. The predicted octanol–water partition coefficient (Wildman–Crippen LogP) is 6.97. The molecule has 2 atom stereocenters. The zero-order valence-electron chi connectivity index (χ0n) is 18.7. The molecule has 0 saturated heterocycles. The van der Waals surface area contributed by atoms with E-state index in [-0.39, 0.29) is 18.0 Å². The van der Waals surface area contributed by atoms with Gasteiger partial charge in [0.05, 0.1) is 0 Å². The maximum Gasteiger partial charge on any atom is 0.200 e. The van der Waals surface area contributed by atoms with Crippen molar-refractivity contribution in [3.8, 4) is 17.2 Å². The quantitative estimate of drug-likeness (QED) is 0.345. The second kappa shape index (κ2) is 12.0. The van der Waals surface area contributed by atoms with Crippen LogP contribution in [0.15, 0.2) is 78.9 Å². The zero-order valence-corrected chi connectivity index (χ0v) is 18.7. The molecule has 31 heavy (non-hydrogen) atoms. The number of phenols is 1. The van der Waals surface area contributed by atoms with Gasteiger partial charge in [0.25, 0.3) is 0 Å². The Morgan fingerprint density at radius 1 is 0.613 bits per heavy atom. The van der Waals surface area contributed by atoms with Gasteiger partial charge < -0.3 is 14.6 Å². The molecule has 0 aromatic heterocycles. The van der Waals surface area contributed by atoms with Crippen LogP contribution in [0.3, 0.4) is 0 Å². The standard InChI is InChI=1S/C28H34O3/c1-3-12-24(20-22-14-7-5-8-15-22)30-26-18-11-19-27(28(26)29)31-25(13-4-2)21-23-16-9-6-10-17-23/h5-11,14-19,24-25,29H,3-4,12-13,20-21H2,1-2H3. The second-order valence-corrected chi connectivity index (χ2v) is 8.04. The first kappa shape index (κ1) is 22.7. The minimum atomic E-state index is 0.00399. The molecule has 3 aromatic carbocycles. The maximum absolute atomic E-state index is 10.9. The van der Waals surface area contributed by atoms with Gasteiger partial charge in [-0.15, -0.1) is 0 Å². The number of aromatic hydroxyl groups is 1. The summed E-state index contributed by atoms with van der Waals surface area (Å²) in [6, 6.07) is 26.2. The molecule has 0 aliphatic carbocycles. The summed E-state index contributed by atoms with van der Waals surface area (Å²) in [4.78, 5) is 0. The first-order chi connectivity index (χ1) is 15.2. The Balaban J connectivity index is 1.72. The molecule has 3 aromatic rings. The molecule has 0 radical (unpaired) electrons. The summed E-state index contributed by atoms with van der Waals surface area (Å²) in [6.45, 7) is 4.30. The van der Waals surface area contributed by atoms with Gasteiger partial charge in [-0.3, -0.25) is 0 Å². The number of hydrogen-bond donors (Lipinski definition) is 1. The van der Waals surface area contributed by atoms with E-state index in [1.807, 2.05) is 54.6 Å². The number of benzene rings is 3. The molecule has 0 fully saturated rings. The zero-order chi connectivity index (χ0) is 21.9. The molecule has 0 aliphatic rings. The molecule has 0 heterocycles. The van der Waals surface area contributed by atoms with Crippen LogP contribution in [-0.2, 0) is 12.8 Å². The normalized spacial score (nSPS) is 12.8. The molecule has 3 nitrogen and oxygen atoms in total. The topological polar surface area (TPSA) is 38.7 Å². The van der Waals surface area contributed by atoms with Crippen molar-refractivity contribution in [3.63, 3.8) is 0 Å². The van der Waals surface area contributed by atoms with Crippen LogP contribution in [0.1, 0.15) is 50.7 Å². The summed E-state index contributed by atoms with van der Waals surface area (Å²) in [7, 11) is 0. The summed E-state index contributed by atoms with van der Waals surface area (Å²) in [5, 5.41) is 10.9. The van der Waals surface area contributed by atoms with E-state index in [2.05, 4.69) is 38.1 Å². The molecule has 0 aliphatic heterocycles. The van der Waals surface area contributed by atoms with Gasteiger partial charge >= 0.3 is 0 Å². The highest BCUT2D eigenvalue weighted by atomic mass is 16.5. The Labute approximate surface area is 186 Å². The van der Waals surface area contributed by atoms with Gasteiger partial charge in [-0.1, -0.05) is 93.4 Å². The molecular weight excluding hydrogens is 384 g/mol. The summed E-state index contributed by atoms with van der Waals surface area (Å²) < 4.78 is 12.5. The monoisotopic (exact) mass is 418 g/mol. The minimum Gasteiger partial charge on any atom is -0.502 e. The lowest BCUT2D eigenvalue weighted by molar-refractivity contribution is 0.167. The van der Waals surface area contributed by atoms with Crippen molar-refractivity contribution in [2.75, 3.05) is 0 Å². The Morgan fingerprint density at radius 2 is 1.03 bits per heavy atom. The highest BCUT2D eigenvalue weighted by Gasteiger charge is 2.18. The van der Waals surface area contributed by atoms with Crippen LogP contribution in [0, 0.1) is 0 Å². The molecule has 3 heteroatoms. The van der Waals surface area contributed by atoms with E-state index in [9.17, 15) is 5.11 Å². The molecule has 0 spiro atoms. The van der Waals surface area contributed by atoms with Crippen molar-refractivity contribution in [3.05, 3.63) is 90.0 Å². The van der Waals surface area contributed by atoms with E-state index >= 15 is 0 Å². The van der Waals surface area contributed by atoms with Crippen molar-refractivity contribution in [1.82, 2.24) is 0 Å². The highest BCUT2D eigenvalue weighted by Crippen LogP contribution is 2.38. The minimum absolute atomic E-state index is 0.00399. The third-order valence-electron chi connectivity index (χ3n) is 5.38. The largest absolute Gasteiger partial charge is 0.502 e. The van der Waals surface area contributed by atoms with Crippen molar-refractivity contribution < 1.29 is 14.6 Å². The Morgan fingerprint density at radius 3 is 1.42 bits per heavy atom. The average Bonchev–Trinajstić information content (AvgIpc) is 2.78. The van der Waals surface area contributed by atoms with E-state index in [1.54, 1.807) is 0 Å². The van der Waals surface area contributed by atoms with Gasteiger partial charge in [0.1, 0.15) is 12.2 Å². The molecule has 0 amide bonds. The third kappa shape index (κ3) is 7.06. The Hall–Kier alpha value is -2.94. The van der Waals surface area contributed by atoms with Crippen LogP contribution in [0.4, 0.5) is 0 Å². The summed E-state index contributed by atoms with van der Waals surface area (Å²) >= 11 is 0. The number of ether oxygens (including phenoxy) is 2. The fourth-order valence-electron chi connectivity index (χ4n) is 3.85. The van der Waals surface area contributed by atoms with Gasteiger partial charge in [-0.05, 0) is 36.1 Å². The molecule has 2 unspecified atom stereocenters. The molecule has 0 bridgehead atoms. The molecule has 0 saturated carbocycles. The van der Waals surface area contributed by atoms with E-state index < -0.39 is 0 Å². The summed E-state index contributed by atoms with van der Waals surface area (Å²) in [5.41, 5.74) is 2.47. The average molecular weight is 419 g/mol. The third-order valence-corrected chi connectivity index (χ3v) is 5.38. The maximum atomic E-state index is 10.9. The fourth-order valence-corrected chi connectivity index (χ4v) is 3.85. The lowest BCUT2D eigenvalue weighted by Gasteiger charge is -2.23. The van der Waals surface area contributed by atoms with Gasteiger partial charge in [0, 0.05) is 12.8 Å². The summed E-state index contributed by atoms with van der Waals surface area (Å²) in [6.07, 6.45) is 5.51. The smallest absolute Gasteiger partial charge is 0.200 e. The number of phenolic OH excluding ortho intramolecular Hbond substituents is 1. The summed E-state index contributed by atoms with van der Waals surface area (Å²) in [5.74, 6) is 1.06. The van der Waals surface area contributed by atoms with Crippen molar-refractivity contribution in [2.24, 2.45) is 0 Å². The number of hydrogen-bond acceptors (Lipinski definition) is 3. The van der Waals surface area contributed by atoms with E-state index in [4.69, 9.17) is 9.47 Å². The lowest BCUT2D eigenvalue weighted by atomic mass is 10.0. The first-order valence-corrected chi connectivity index (χ1v) is 11.4. The van der Waals surface area contributed by atoms with Crippen LogP contribution in [0.2, 0.25) is 0 Å². The molecule has 164 valence electrons. The van der Waals surface area contributed by atoms with Gasteiger partial charge in [0.15, 0.2) is 11.5 Å². The van der Waals surface area contributed by atoms with Crippen LogP contribution >= 0.6 is 0 Å². The number of para-hydroxylation sites is 1. The van der Waals surface area contributed by atoms with Crippen LogP contribution in [0.5, 0.6) is 17.2 Å². The first-order valence-electron chi connectivity index (χ1n) is 11.4. The van der Waals surface area contributed by atoms with E-state index in [0.29, 0.717) is 11.5 Å². The predicted molar refractivity (Wildman–Crippen MR) is 127 cm³/mol. The Bertz CT molecular complexity index is 821. The van der Waals surface area contributed by atoms with Crippen molar-refractivity contribution in [1.29, 1.82) is 0 Å². The molecular formula is C28H34O3. The molecule has 3 rings (SSSR count). The molecule has 1 N–H and O–H groups in total. The second-order valence-electron chi connectivity index (χ2n) is 8.04. The van der Waals surface area contributed by atoms with E-state index in [1.165, 1.54) is 11.1 Å². The SMILES string of the molecule is CCCC(Cc1ccccc1)Oc1cccc(OC(CCC)Cc2ccccc2)c1O. The highest BCUT2D eigenvalue weighted by molar-refractivity contribution is 5.50. The van der Waals surface area contributed by atoms with E-state index in [0.717, 1.165) is 38.5 Å². The van der Waals surface area contributed by atoms with Crippen LogP contribution in [-0.4, -0.2) is 17.3 Å². The van der Waals surface area contributed by atoms with Crippen LogP contribution in [0.25, 0.3) is 0 Å². The fraction of sp³-hybridized carbons (Fsp3) is 0.357.